The van der Waals surface area contributed by atoms with Crippen molar-refractivity contribution in [2.24, 2.45) is 0 Å². The number of hydrogen-bond donors (Lipinski definition) is 2. The second-order valence-electron chi connectivity index (χ2n) is 4.01. The van der Waals surface area contributed by atoms with Crippen LogP contribution in [0.1, 0.15) is 12.5 Å². The fraction of sp³-hybridized carbons (Fsp3) is 0.250. The van der Waals surface area contributed by atoms with Crippen LogP contribution in [0.2, 0.25) is 0 Å². The number of thiazole rings is 1. The highest BCUT2D eigenvalue weighted by Crippen LogP contribution is 2.34. The SMILES string of the molecule is CCNC(=O)Nc1nc2ccc([N+](=O)[O-])c(CC#N)c2s1. The molecule has 0 fully saturated rings. The number of aromatic nitrogens is 1. The molecule has 0 spiro atoms. The van der Waals surface area contributed by atoms with Gasteiger partial charge in [0.25, 0.3) is 5.69 Å². The van der Waals surface area contributed by atoms with E-state index in [2.05, 4.69) is 15.6 Å². The minimum Gasteiger partial charge on any atom is -0.338 e. The third-order valence-electron chi connectivity index (χ3n) is 2.65. The lowest BCUT2D eigenvalue weighted by molar-refractivity contribution is -0.385. The van der Waals surface area contributed by atoms with Gasteiger partial charge in [0.1, 0.15) is 0 Å². The second kappa shape index (κ2) is 6.15. The molecule has 0 radical (unpaired) electrons. The van der Waals surface area contributed by atoms with Crippen LogP contribution in [-0.2, 0) is 6.42 Å². The molecule has 0 aliphatic heterocycles. The van der Waals surface area contributed by atoms with Crippen molar-refractivity contribution in [3.8, 4) is 6.07 Å². The topological polar surface area (TPSA) is 121 Å². The van der Waals surface area contributed by atoms with Crippen LogP contribution in [-0.4, -0.2) is 22.5 Å². The standard InChI is InChI=1S/C12H11N5O3S/c1-2-14-11(18)16-12-15-8-3-4-9(17(19)20)7(5-6-13)10(8)21-12/h3-4H,2,5H2,1H3,(H2,14,15,16,18). The molecule has 108 valence electrons. The molecular weight excluding hydrogens is 294 g/mol. The molecule has 0 bridgehead atoms. The molecule has 0 unspecified atom stereocenters. The van der Waals surface area contributed by atoms with Crippen molar-refractivity contribution in [3.63, 3.8) is 0 Å². The van der Waals surface area contributed by atoms with Gasteiger partial charge in [-0.15, -0.1) is 0 Å². The van der Waals surface area contributed by atoms with E-state index in [4.69, 9.17) is 5.26 Å². The van der Waals surface area contributed by atoms with Crippen molar-refractivity contribution in [1.82, 2.24) is 10.3 Å². The molecule has 2 amide bonds. The van der Waals surface area contributed by atoms with Crippen LogP contribution >= 0.6 is 11.3 Å². The Hall–Kier alpha value is -2.73. The first-order valence-corrected chi connectivity index (χ1v) is 6.87. The van der Waals surface area contributed by atoms with Gasteiger partial charge in [-0.3, -0.25) is 15.4 Å². The Balaban J connectivity index is 2.47. The van der Waals surface area contributed by atoms with Crippen molar-refractivity contribution in [3.05, 3.63) is 27.8 Å². The number of hydrogen-bond acceptors (Lipinski definition) is 6. The van der Waals surface area contributed by atoms with Gasteiger partial charge in [-0.1, -0.05) is 11.3 Å². The summed E-state index contributed by atoms with van der Waals surface area (Å²) in [5, 5.41) is 25.3. The van der Waals surface area contributed by atoms with Crippen molar-refractivity contribution < 1.29 is 9.72 Å². The monoisotopic (exact) mass is 305 g/mol. The molecule has 2 rings (SSSR count). The van der Waals surface area contributed by atoms with Gasteiger partial charge in [-0.25, -0.2) is 9.78 Å². The number of nitro groups is 1. The molecule has 0 atom stereocenters. The van der Waals surface area contributed by atoms with E-state index in [1.54, 1.807) is 6.92 Å². The number of nitro benzene ring substituents is 1. The van der Waals surface area contributed by atoms with E-state index >= 15 is 0 Å². The molecule has 1 heterocycles. The first-order valence-electron chi connectivity index (χ1n) is 6.05. The number of benzene rings is 1. The highest BCUT2D eigenvalue weighted by Gasteiger charge is 2.20. The van der Waals surface area contributed by atoms with Crippen molar-refractivity contribution >= 4 is 38.4 Å². The third kappa shape index (κ3) is 3.06. The van der Waals surface area contributed by atoms with Crippen molar-refractivity contribution in [1.29, 1.82) is 5.26 Å². The van der Waals surface area contributed by atoms with Crippen LogP contribution in [0.25, 0.3) is 10.2 Å². The van der Waals surface area contributed by atoms with Gasteiger partial charge >= 0.3 is 6.03 Å². The molecule has 0 aliphatic rings. The summed E-state index contributed by atoms with van der Waals surface area (Å²) >= 11 is 1.11. The van der Waals surface area contributed by atoms with E-state index in [0.717, 1.165) is 11.3 Å². The van der Waals surface area contributed by atoms with Gasteiger partial charge in [0.2, 0.25) is 0 Å². The first-order chi connectivity index (χ1) is 10.1. The van der Waals surface area contributed by atoms with Crippen LogP contribution < -0.4 is 10.6 Å². The molecule has 0 saturated carbocycles. The number of rotatable bonds is 4. The van der Waals surface area contributed by atoms with E-state index in [1.165, 1.54) is 12.1 Å². The zero-order valence-electron chi connectivity index (χ0n) is 11.0. The molecule has 1 aromatic carbocycles. The molecule has 8 nitrogen and oxygen atoms in total. The summed E-state index contributed by atoms with van der Waals surface area (Å²) < 4.78 is 0.539. The van der Waals surface area contributed by atoms with E-state index in [-0.39, 0.29) is 12.1 Å². The molecule has 2 N–H and O–H groups in total. The Morgan fingerprint density at radius 2 is 2.33 bits per heavy atom. The summed E-state index contributed by atoms with van der Waals surface area (Å²) in [6, 6.07) is 4.35. The fourth-order valence-corrected chi connectivity index (χ4v) is 2.81. The quantitative estimate of drug-likeness (QED) is 0.663. The summed E-state index contributed by atoms with van der Waals surface area (Å²) in [6.45, 7) is 2.26. The van der Waals surface area contributed by atoms with Crippen molar-refractivity contribution in [2.75, 3.05) is 11.9 Å². The molecule has 0 aliphatic carbocycles. The maximum atomic E-state index is 11.5. The zero-order chi connectivity index (χ0) is 15.4. The minimum absolute atomic E-state index is 0.0869. The number of nitriles is 1. The first kappa shape index (κ1) is 14.7. The van der Waals surface area contributed by atoms with Crippen LogP contribution in [0.5, 0.6) is 0 Å². The number of amides is 2. The maximum absolute atomic E-state index is 11.5. The lowest BCUT2D eigenvalue weighted by Gasteiger charge is -2.00. The maximum Gasteiger partial charge on any atom is 0.321 e. The number of nitrogens with zero attached hydrogens (tertiary/aromatic N) is 3. The molecule has 9 heteroatoms. The normalized spacial score (nSPS) is 10.1. The number of carbonyl (C=O) groups excluding carboxylic acids is 1. The third-order valence-corrected chi connectivity index (χ3v) is 3.69. The Morgan fingerprint density at radius 1 is 1.57 bits per heavy atom. The van der Waals surface area contributed by atoms with E-state index in [0.29, 0.717) is 27.5 Å². The summed E-state index contributed by atoms with van der Waals surface area (Å²) in [5.74, 6) is 0. The minimum atomic E-state index is -0.525. The van der Waals surface area contributed by atoms with E-state index in [9.17, 15) is 14.9 Å². The summed E-state index contributed by atoms with van der Waals surface area (Å²) in [6.07, 6.45) is -0.0869. The number of nitrogens with one attached hydrogen (secondary N) is 2. The van der Waals surface area contributed by atoms with Crippen LogP contribution in [0.4, 0.5) is 15.6 Å². The highest BCUT2D eigenvalue weighted by molar-refractivity contribution is 7.22. The predicted octanol–water partition coefficient (Wildman–Crippen LogP) is 2.41. The van der Waals surface area contributed by atoms with Gasteiger partial charge in [0.05, 0.1) is 33.2 Å². The van der Waals surface area contributed by atoms with Crippen LogP contribution in [0, 0.1) is 21.4 Å². The number of anilines is 1. The average Bonchev–Trinajstić information content (AvgIpc) is 2.81. The number of fused-ring (bicyclic) bond motifs is 1. The molecular formula is C12H11N5O3S. The Morgan fingerprint density at radius 3 is 2.95 bits per heavy atom. The van der Waals surface area contributed by atoms with E-state index in [1.807, 2.05) is 6.07 Å². The lowest BCUT2D eigenvalue weighted by Crippen LogP contribution is -2.28. The average molecular weight is 305 g/mol. The van der Waals surface area contributed by atoms with Crippen LogP contribution in [0.15, 0.2) is 12.1 Å². The molecule has 1 aromatic heterocycles. The summed E-state index contributed by atoms with van der Waals surface area (Å²) in [7, 11) is 0. The largest absolute Gasteiger partial charge is 0.338 e. The van der Waals surface area contributed by atoms with Crippen molar-refractivity contribution in [2.45, 2.75) is 13.3 Å². The Bertz CT molecular complexity index is 749. The van der Waals surface area contributed by atoms with Gasteiger partial charge in [0, 0.05) is 12.6 Å². The zero-order valence-corrected chi connectivity index (χ0v) is 11.9. The van der Waals surface area contributed by atoms with Gasteiger partial charge in [-0.05, 0) is 13.0 Å². The molecule has 2 aromatic rings. The fourth-order valence-electron chi connectivity index (χ4n) is 1.81. The second-order valence-corrected chi connectivity index (χ2v) is 5.01. The number of carbonyl (C=O) groups is 1. The van der Waals surface area contributed by atoms with Gasteiger partial charge in [-0.2, -0.15) is 5.26 Å². The molecule has 0 saturated heterocycles. The van der Waals surface area contributed by atoms with Crippen LogP contribution in [0.3, 0.4) is 0 Å². The Kier molecular flexibility index (Phi) is 4.30. The highest BCUT2D eigenvalue weighted by atomic mass is 32.1. The molecule has 21 heavy (non-hydrogen) atoms. The lowest BCUT2D eigenvalue weighted by atomic mass is 10.1. The van der Waals surface area contributed by atoms with Gasteiger partial charge < -0.3 is 5.32 Å². The smallest absolute Gasteiger partial charge is 0.321 e. The number of urea groups is 1. The summed E-state index contributed by atoms with van der Waals surface area (Å²) in [5.41, 5.74) is 0.723. The Labute approximate surface area is 123 Å². The van der Waals surface area contributed by atoms with Gasteiger partial charge in [0.15, 0.2) is 5.13 Å². The predicted molar refractivity (Wildman–Crippen MR) is 78.3 cm³/mol. The summed E-state index contributed by atoms with van der Waals surface area (Å²) in [4.78, 5) is 26.1. The van der Waals surface area contributed by atoms with E-state index < -0.39 is 11.0 Å².